The highest BCUT2D eigenvalue weighted by atomic mass is 16.6. The van der Waals surface area contributed by atoms with Crippen LogP contribution in [0.3, 0.4) is 0 Å². The molecule has 2 rings (SSSR count). The van der Waals surface area contributed by atoms with Gasteiger partial charge in [0.1, 0.15) is 17.1 Å². The molecule has 1 saturated heterocycles. The van der Waals surface area contributed by atoms with Gasteiger partial charge < -0.3 is 19.4 Å². The van der Waals surface area contributed by atoms with Crippen molar-refractivity contribution in [1.29, 1.82) is 0 Å². The predicted octanol–water partition coefficient (Wildman–Crippen LogP) is 3.03. The van der Waals surface area contributed by atoms with E-state index in [9.17, 15) is 9.59 Å². The van der Waals surface area contributed by atoms with Crippen LogP contribution in [0.5, 0.6) is 0 Å². The van der Waals surface area contributed by atoms with Gasteiger partial charge >= 0.3 is 6.09 Å². The summed E-state index contributed by atoms with van der Waals surface area (Å²) in [5.74, 6) is 1.33. The van der Waals surface area contributed by atoms with Crippen molar-refractivity contribution in [3.63, 3.8) is 0 Å². The number of carbonyl (C=O) groups is 2. The fourth-order valence-corrected chi connectivity index (χ4v) is 2.83. The first-order chi connectivity index (χ1) is 10.7. The Morgan fingerprint density at radius 2 is 2.09 bits per heavy atom. The molecule has 1 N–H and O–H groups in total. The zero-order chi connectivity index (χ0) is 17.2. The van der Waals surface area contributed by atoms with E-state index in [-0.39, 0.29) is 11.9 Å². The van der Waals surface area contributed by atoms with Crippen molar-refractivity contribution in [2.75, 3.05) is 13.1 Å². The number of amides is 2. The largest absolute Gasteiger partial charge is 0.466 e. The molecule has 6 heteroatoms. The van der Waals surface area contributed by atoms with E-state index in [4.69, 9.17) is 9.15 Å². The molecule has 0 spiro atoms. The van der Waals surface area contributed by atoms with E-state index in [1.807, 2.05) is 32.6 Å². The Labute approximate surface area is 137 Å². The summed E-state index contributed by atoms with van der Waals surface area (Å²) in [5, 5.41) is 2.76. The van der Waals surface area contributed by atoms with Crippen molar-refractivity contribution in [2.45, 2.75) is 59.1 Å². The summed E-state index contributed by atoms with van der Waals surface area (Å²) in [7, 11) is 0. The molecule has 2 heterocycles. The first-order valence-corrected chi connectivity index (χ1v) is 8.02. The molecule has 2 amide bonds. The third kappa shape index (κ3) is 4.50. The molecule has 1 fully saturated rings. The molecule has 1 aromatic heterocycles. The van der Waals surface area contributed by atoms with Crippen molar-refractivity contribution in [3.05, 3.63) is 23.2 Å². The minimum absolute atomic E-state index is 0.00961. The van der Waals surface area contributed by atoms with Gasteiger partial charge in [-0.2, -0.15) is 0 Å². The second-order valence-corrected chi connectivity index (χ2v) is 7.00. The average Bonchev–Trinajstić information content (AvgIpc) is 3.00. The zero-order valence-corrected chi connectivity index (χ0v) is 14.6. The van der Waals surface area contributed by atoms with Gasteiger partial charge in [-0.15, -0.1) is 0 Å². The fraction of sp³-hybridized carbons (Fsp3) is 0.647. The van der Waals surface area contributed by atoms with Crippen LogP contribution in [0.15, 0.2) is 10.5 Å². The molecule has 0 bridgehead atoms. The molecule has 128 valence electrons. The first-order valence-electron chi connectivity index (χ1n) is 8.02. The molecule has 0 unspecified atom stereocenters. The Bertz CT molecular complexity index is 586. The van der Waals surface area contributed by atoms with Crippen molar-refractivity contribution >= 4 is 12.0 Å². The second-order valence-electron chi connectivity index (χ2n) is 7.00. The third-order valence-electron chi connectivity index (χ3n) is 3.79. The van der Waals surface area contributed by atoms with Gasteiger partial charge in [-0.1, -0.05) is 0 Å². The van der Waals surface area contributed by atoms with Crippen molar-refractivity contribution in [1.82, 2.24) is 10.2 Å². The number of nitrogens with zero attached hydrogens (tertiary/aromatic N) is 1. The normalized spacial score (nSPS) is 18.1. The number of ether oxygens (including phenoxy) is 1. The van der Waals surface area contributed by atoms with E-state index < -0.39 is 11.7 Å². The number of likely N-dealkylation sites (tertiary alicyclic amines) is 1. The summed E-state index contributed by atoms with van der Waals surface area (Å²) in [4.78, 5) is 26.3. The monoisotopic (exact) mass is 322 g/mol. The van der Waals surface area contributed by atoms with Crippen LogP contribution >= 0.6 is 0 Å². The molecule has 0 aromatic carbocycles. The van der Waals surface area contributed by atoms with Crippen molar-refractivity contribution in [2.24, 2.45) is 0 Å². The zero-order valence-electron chi connectivity index (χ0n) is 14.6. The Hall–Kier alpha value is -1.98. The summed E-state index contributed by atoms with van der Waals surface area (Å²) < 4.78 is 10.7. The van der Waals surface area contributed by atoms with E-state index in [1.165, 1.54) is 0 Å². The highest BCUT2D eigenvalue weighted by Gasteiger charge is 2.31. The van der Waals surface area contributed by atoms with E-state index in [0.29, 0.717) is 24.4 Å². The number of hydrogen-bond acceptors (Lipinski definition) is 4. The van der Waals surface area contributed by atoms with Crippen LogP contribution in [0.2, 0.25) is 0 Å². The second kappa shape index (κ2) is 6.64. The van der Waals surface area contributed by atoms with E-state index >= 15 is 0 Å². The standard InChI is InChI=1S/C17H26N2O4/c1-11-9-14(12(2)22-11)15(20)19-8-6-7-13(19)10-18-16(21)23-17(3,4)5/h9,13H,6-8,10H2,1-5H3,(H,18,21)/t13-/m0/s1. The molecule has 1 aromatic rings. The number of rotatable bonds is 3. The Morgan fingerprint density at radius 1 is 1.39 bits per heavy atom. The number of hydrogen-bond donors (Lipinski definition) is 1. The maximum atomic E-state index is 12.7. The molecule has 1 aliphatic heterocycles. The SMILES string of the molecule is Cc1cc(C(=O)N2CCC[C@H]2CNC(=O)OC(C)(C)C)c(C)o1. The Kier molecular flexibility index (Phi) is 5.02. The van der Waals surface area contributed by atoms with Crippen LogP contribution in [-0.2, 0) is 4.74 Å². The van der Waals surface area contributed by atoms with Gasteiger partial charge in [0.05, 0.1) is 5.56 Å². The molecule has 1 aliphatic rings. The van der Waals surface area contributed by atoms with Gasteiger partial charge in [-0.05, 0) is 53.5 Å². The third-order valence-corrected chi connectivity index (χ3v) is 3.79. The molecular weight excluding hydrogens is 296 g/mol. The van der Waals surface area contributed by atoms with Crippen LogP contribution in [-0.4, -0.2) is 41.6 Å². The van der Waals surface area contributed by atoms with Gasteiger partial charge in [-0.25, -0.2) is 4.79 Å². The fourth-order valence-electron chi connectivity index (χ4n) is 2.83. The van der Waals surface area contributed by atoms with Crippen LogP contribution < -0.4 is 5.32 Å². The molecule has 0 aliphatic carbocycles. The van der Waals surface area contributed by atoms with E-state index in [1.54, 1.807) is 13.0 Å². The molecule has 0 radical (unpaired) electrons. The van der Waals surface area contributed by atoms with Crippen LogP contribution in [0.4, 0.5) is 4.79 Å². The topological polar surface area (TPSA) is 71.8 Å². The smallest absolute Gasteiger partial charge is 0.407 e. The number of alkyl carbamates (subject to hydrolysis) is 1. The Morgan fingerprint density at radius 3 is 2.65 bits per heavy atom. The summed E-state index contributed by atoms with van der Waals surface area (Å²) in [6, 6.07) is 1.76. The lowest BCUT2D eigenvalue weighted by Gasteiger charge is -2.26. The van der Waals surface area contributed by atoms with E-state index in [2.05, 4.69) is 5.32 Å². The predicted molar refractivity (Wildman–Crippen MR) is 86.5 cm³/mol. The highest BCUT2D eigenvalue weighted by Crippen LogP contribution is 2.23. The summed E-state index contributed by atoms with van der Waals surface area (Å²) in [6.07, 6.45) is 1.35. The molecular formula is C17H26N2O4. The van der Waals surface area contributed by atoms with Gasteiger partial charge in [0.2, 0.25) is 0 Å². The highest BCUT2D eigenvalue weighted by molar-refractivity contribution is 5.95. The number of aryl methyl sites for hydroxylation is 2. The van der Waals surface area contributed by atoms with Gasteiger partial charge in [0.15, 0.2) is 0 Å². The number of carbonyl (C=O) groups excluding carboxylic acids is 2. The summed E-state index contributed by atoms with van der Waals surface area (Å²) in [6.45, 7) is 10.2. The lowest BCUT2D eigenvalue weighted by molar-refractivity contribution is 0.0501. The van der Waals surface area contributed by atoms with Crippen LogP contribution in [0.1, 0.15) is 55.5 Å². The molecule has 6 nitrogen and oxygen atoms in total. The minimum Gasteiger partial charge on any atom is -0.466 e. The first kappa shape index (κ1) is 17.4. The van der Waals surface area contributed by atoms with Gasteiger partial charge in [0, 0.05) is 19.1 Å². The quantitative estimate of drug-likeness (QED) is 0.928. The molecule has 0 saturated carbocycles. The van der Waals surface area contributed by atoms with Gasteiger partial charge in [-0.3, -0.25) is 4.79 Å². The minimum atomic E-state index is -0.527. The summed E-state index contributed by atoms with van der Waals surface area (Å²) >= 11 is 0. The van der Waals surface area contributed by atoms with Crippen LogP contribution in [0, 0.1) is 13.8 Å². The van der Waals surface area contributed by atoms with Crippen LogP contribution in [0.25, 0.3) is 0 Å². The van der Waals surface area contributed by atoms with Crippen molar-refractivity contribution < 1.29 is 18.7 Å². The Balaban J connectivity index is 1.96. The maximum Gasteiger partial charge on any atom is 0.407 e. The van der Waals surface area contributed by atoms with E-state index in [0.717, 1.165) is 18.6 Å². The molecule has 23 heavy (non-hydrogen) atoms. The average molecular weight is 322 g/mol. The van der Waals surface area contributed by atoms with Crippen molar-refractivity contribution in [3.8, 4) is 0 Å². The number of furan rings is 1. The molecule has 1 atom stereocenters. The number of nitrogens with one attached hydrogen (secondary N) is 1. The lowest BCUT2D eigenvalue weighted by atomic mass is 10.2. The lowest BCUT2D eigenvalue weighted by Crippen LogP contribution is -2.44. The van der Waals surface area contributed by atoms with Gasteiger partial charge in [0.25, 0.3) is 5.91 Å². The maximum absolute atomic E-state index is 12.7. The summed E-state index contributed by atoms with van der Waals surface area (Å²) in [5.41, 5.74) is 0.0763.